The molecule has 0 aromatic heterocycles. The second kappa shape index (κ2) is 9.13. The predicted octanol–water partition coefficient (Wildman–Crippen LogP) is -1.34. The van der Waals surface area contributed by atoms with Gasteiger partial charge < -0.3 is 9.41 Å². The van der Waals surface area contributed by atoms with Crippen molar-refractivity contribution in [3.05, 3.63) is 66.4 Å². The van der Waals surface area contributed by atoms with Crippen LogP contribution in [-0.4, -0.2) is 0 Å². The van der Waals surface area contributed by atoms with Gasteiger partial charge in [0, 0.05) is 0 Å². The van der Waals surface area contributed by atoms with Crippen LogP contribution >= 0.6 is 0 Å². The van der Waals surface area contributed by atoms with Gasteiger partial charge in [-0.05, 0) is 0 Å². The first-order chi connectivity index (χ1) is 8.35. The maximum absolute atomic E-state index is 2.32. The van der Waals surface area contributed by atoms with Gasteiger partial charge in [0.25, 0.3) is 0 Å². The summed E-state index contributed by atoms with van der Waals surface area (Å²) < 4.78 is 3.51. The molecule has 0 saturated carbocycles. The molecule has 0 atom stereocenters. The Morgan fingerprint density at radius 3 is 1.63 bits per heavy atom. The molecule has 2 aliphatic carbocycles. The number of allylic oxidation sites excluding steroid dienone is 12. The molecule has 0 aliphatic heterocycles. The van der Waals surface area contributed by atoms with Gasteiger partial charge in [-0.1, -0.05) is 0 Å². The molecule has 100 valence electrons. The molecule has 0 unspecified atom stereocenters. The minimum atomic E-state index is -0.785. The van der Waals surface area contributed by atoms with Crippen LogP contribution < -0.4 is 9.41 Å². The van der Waals surface area contributed by atoms with E-state index < -0.39 is 22.9 Å². The van der Waals surface area contributed by atoms with Gasteiger partial charge in [-0.2, -0.15) is 0 Å². The van der Waals surface area contributed by atoms with Crippen LogP contribution in [0.3, 0.4) is 0 Å². The van der Waals surface area contributed by atoms with Crippen LogP contribution in [0.25, 0.3) is 0 Å². The summed E-state index contributed by atoms with van der Waals surface area (Å²) in [4.78, 5) is 0. The molecule has 0 amide bonds. The minimum absolute atomic E-state index is 0. The largest absolute Gasteiger partial charge is 1.00 e. The second-order valence-corrected chi connectivity index (χ2v) is 9.44. The molecule has 2 rings (SSSR count). The van der Waals surface area contributed by atoms with Crippen molar-refractivity contribution in [2.45, 2.75) is 26.7 Å². The molecule has 19 heavy (non-hydrogen) atoms. The van der Waals surface area contributed by atoms with Gasteiger partial charge >= 0.3 is 116 Å². The Labute approximate surface area is 125 Å². The summed E-state index contributed by atoms with van der Waals surface area (Å²) in [6.45, 7) is 4.21. The monoisotopic (exact) mass is 428 g/mol. The average molecular weight is 427 g/mol. The first-order valence-electron chi connectivity index (χ1n) is 6.17. The Hall–Kier alpha value is -0.830. The molecule has 0 aromatic carbocycles. The topological polar surface area (TPSA) is 0 Å². The van der Waals surface area contributed by atoms with Gasteiger partial charge in [0.1, 0.15) is 0 Å². The van der Waals surface area contributed by atoms with Crippen molar-refractivity contribution in [1.82, 2.24) is 0 Å². The Morgan fingerprint density at radius 2 is 1.26 bits per heavy atom. The second-order valence-electron chi connectivity index (χ2n) is 4.21. The fourth-order valence-corrected chi connectivity index (χ4v) is 7.27. The van der Waals surface area contributed by atoms with E-state index >= 15 is 0 Å². The normalized spacial score (nSPS) is 17.4. The number of hydrogen-bond acceptors (Lipinski definition) is 0. The molecule has 0 spiro atoms. The van der Waals surface area contributed by atoms with Crippen molar-refractivity contribution in [2.75, 3.05) is 0 Å². The molecule has 0 nitrogen and oxygen atoms in total. The summed E-state index contributed by atoms with van der Waals surface area (Å²) in [5.74, 6) is 0. The average Bonchev–Trinajstić information content (AvgIpc) is 2.92. The molecule has 0 saturated heterocycles. The molecule has 0 aromatic rings. The van der Waals surface area contributed by atoms with Crippen molar-refractivity contribution >= 4 is 0 Å². The van der Waals surface area contributed by atoms with E-state index in [9.17, 15) is 0 Å². The number of halogens is 2. The smallest absolute Gasteiger partial charge is 1.00 e. The Balaban J connectivity index is 0.00000162. The SMILES string of the molecule is C/C=C\C1=[C]([Hf+2][C]2=C(/C=C\C)C=CC2)CC=C1.[F-].[F-]. The molecule has 0 N–H and O–H groups in total. The van der Waals surface area contributed by atoms with Gasteiger partial charge in [0.15, 0.2) is 0 Å². The van der Waals surface area contributed by atoms with Gasteiger partial charge in [0.2, 0.25) is 0 Å². The summed E-state index contributed by atoms with van der Waals surface area (Å²) in [5, 5.41) is 0. The zero-order valence-electron chi connectivity index (χ0n) is 11.3. The molecular weight excluding hydrogens is 409 g/mol. The van der Waals surface area contributed by atoms with Crippen LogP contribution in [0.15, 0.2) is 66.4 Å². The zero-order chi connectivity index (χ0) is 12.1. The Bertz CT molecular complexity index is 433. The summed E-state index contributed by atoms with van der Waals surface area (Å²) >= 11 is -0.785. The van der Waals surface area contributed by atoms with E-state index in [2.05, 4.69) is 62.5 Å². The number of hydrogen-bond donors (Lipinski definition) is 0. The molecule has 0 radical (unpaired) electrons. The molecule has 0 bridgehead atoms. The first kappa shape index (κ1) is 18.2. The van der Waals surface area contributed by atoms with Crippen molar-refractivity contribution < 1.29 is 32.3 Å². The summed E-state index contributed by atoms with van der Waals surface area (Å²) in [6.07, 6.45) is 20.5. The van der Waals surface area contributed by atoms with E-state index in [-0.39, 0.29) is 9.41 Å². The van der Waals surface area contributed by atoms with E-state index in [1.54, 1.807) is 6.66 Å². The molecule has 0 fully saturated rings. The van der Waals surface area contributed by atoms with Gasteiger partial charge in [0.05, 0.1) is 0 Å². The summed E-state index contributed by atoms with van der Waals surface area (Å²) in [6, 6.07) is 0. The molecule has 2 aliphatic rings. The maximum Gasteiger partial charge on any atom is -1.00 e. The quantitative estimate of drug-likeness (QED) is 0.488. The van der Waals surface area contributed by atoms with E-state index in [0.717, 1.165) is 0 Å². The fraction of sp³-hybridized carbons (Fsp3) is 0.250. The minimum Gasteiger partial charge on any atom is -1.00 e. The van der Waals surface area contributed by atoms with E-state index in [4.69, 9.17) is 0 Å². The van der Waals surface area contributed by atoms with Crippen LogP contribution in [0.5, 0.6) is 0 Å². The van der Waals surface area contributed by atoms with Gasteiger partial charge in [-0.3, -0.25) is 0 Å². The van der Waals surface area contributed by atoms with E-state index in [1.165, 1.54) is 24.0 Å². The molecule has 3 heteroatoms. The zero-order valence-corrected chi connectivity index (χ0v) is 14.9. The third-order valence-electron chi connectivity index (χ3n) is 2.93. The van der Waals surface area contributed by atoms with Crippen molar-refractivity contribution in [3.63, 3.8) is 0 Å². The van der Waals surface area contributed by atoms with Crippen LogP contribution in [0.2, 0.25) is 0 Å². The summed E-state index contributed by atoms with van der Waals surface area (Å²) in [5.41, 5.74) is 2.99. The van der Waals surface area contributed by atoms with Crippen LogP contribution in [0.1, 0.15) is 26.7 Å². The Morgan fingerprint density at radius 1 is 0.842 bits per heavy atom. The van der Waals surface area contributed by atoms with Crippen LogP contribution in [-0.2, 0) is 22.9 Å². The molecule has 0 heterocycles. The van der Waals surface area contributed by atoms with Gasteiger partial charge in [-0.25, -0.2) is 0 Å². The predicted molar refractivity (Wildman–Crippen MR) is 71.2 cm³/mol. The third-order valence-corrected chi connectivity index (χ3v) is 8.64. The van der Waals surface area contributed by atoms with Crippen LogP contribution in [0, 0.1) is 0 Å². The first-order valence-corrected chi connectivity index (χ1v) is 9.76. The Kier molecular flexibility index (Phi) is 8.74. The van der Waals surface area contributed by atoms with Gasteiger partial charge in [-0.15, -0.1) is 0 Å². The number of rotatable bonds is 4. The van der Waals surface area contributed by atoms with Crippen molar-refractivity contribution in [2.24, 2.45) is 0 Å². The van der Waals surface area contributed by atoms with Crippen molar-refractivity contribution in [3.8, 4) is 0 Å². The van der Waals surface area contributed by atoms with E-state index in [1.807, 2.05) is 0 Å². The van der Waals surface area contributed by atoms with Crippen LogP contribution in [0.4, 0.5) is 0 Å². The van der Waals surface area contributed by atoms with Crippen molar-refractivity contribution in [1.29, 1.82) is 0 Å². The maximum atomic E-state index is 2.32. The standard InChI is InChI=1S/2C8H9.2FH.Hf/c2*1-2-5-8-6-3-4-7-8;;;/h2*2-3,5-6H,4H2,1H3;2*1H;/q;;;;+2/p-2/b2*5-2-;;;. The summed E-state index contributed by atoms with van der Waals surface area (Å²) in [7, 11) is 0. The fourth-order valence-electron chi connectivity index (χ4n) is 2.14. The third kappa shape index (κ3) is 4.64. The molecular formula is C16H18F2Hf. The van der Waals surface area contributed by atoms with E-state index in [0.29, 0.717) is 0 Å².